The van der Waals surface area contributed by atoms with Crippen LogP contribution >= 0.6 is 0 Å². The number of halogens is 4. The summed E-state index contributed by atoms with van der Waals surface area (Å²) in [5.41, 5.74) is 1.70. The number of aryl methyl sites for hydroxylation is 1. The second-order valence-corrected chi connectivity index (χ2v) is 10.2. The quantitative estimate of drug-likeness (QED) is 0.155. The predicted octanol–water partition coefficient (Wildman–Crippen LogP) is 6.89. The van der Waals surface area contributed by atoms with Crippen LogP contribution in [0, 0.1) is 19.7 Å². The van der Waals surface area contributed by atoms with E-state index in [-0.39, 0.29) is 34.7 Å². The first-order valence-electron chi connectivity index (χ1n) is 13.7. The first kappa shape index (κ1) is 31.4. The molecule has 224 valence electrons. The zero-order valence-corrected chi connectivity index (χ0v) is 24.3. The molecule has 0 unspecified atom stereocenters. The number of rotatable bonds is 10. The van der Waals surface area contributed by atoms with Crippen LogP contribution in [0.1, 0.15) is 51.5 Å². The molecular weight excluding hydrogens is 560 g/mol. The Morgan fingerprint density at radius 3 is 2.40 bits per heavy atom. The molecule has 2 N–H and O–H groups in total. The van der Waals surface area contributed by atoms with Crippen LogP contribution in [0.5, 0.6) is 0 Å². The normalized spacial score (nSPS) is 12.0. The third kappa shape index (κ3) is 7.26. The van der Waals surface area contributed by atoms with Gasteiger partial charge in [0.15, 0.2) is 5.78 Å². The van der Waals surface area contributed by atoms with Crippen molar-refractivity contribution in [2.45, 2.75) is 39.9 Å². The van der Waals surface area contributed by atoms with E-state index in [9.17, 15) is 27.2 Å². The number of likely N-dealkylation sites (N-methyl/N-ethyl adjacent to an activating group) is 1. The van der Waals surface area contributed by atoms with Crippen molar-refractivity contribution in [1.82, 2.24) is 14.9 Å². The van der Waals surface area contributed by atoms with Crippen LogP contribution in [-0.2, 0) is 12.7 Å². The van der Waals surface area contributed by atoms with Crippen LogP contribution in [0.25, 0.3) is 11.4 Å². The molecule has 0 radical (unpaired) electrons. The molecule has 0 aliphatic rings. The van der Waals surface area contributed by atoms with Crippen LogP contribution in [0.4, 0.5) is 23.2 Å². The highest BCUT2D eigenvalue weighted by atomic mass is 19.4. The van der Waals surface area contributed by atoms with Gasteiger partial charge in [-0.1, -0.05) is 31.2 Å². The van der Waals surface area contributed by atoms with Crippen molar-refractivity contribution in [3.05, 3.63) is 128 Å². The largest absolute Gasteiger partial charge is 0.416 e. The number of benzene rings is 3. The highest BCUT2D eigenvalue weighted by Crippen LogP contribution is 2.32. The van der Waals surface area contributed by atoms with Crippen molar-refractivity contribution in [2.24, 2.45) is 0 Å². The van der Waals surface area contributed by atoms with Crippen LogP contribution in [-0.4, -0.2) is 28.9 Å². The summed E-state index contributed by atoms with van der Waals surface area (Å²) in [6.07, 6.45) is -0.714. The van der Waals surface area contributed by atoms with Gasteiger partial charge >= 0.3 is 6.18 Å². The van der Waals surface area contributed by atoms with Gasteiger partial charge in [-0.2, -0.15) is 13.2 Å². The molecule has 0 bridgehead atoms. The highest BCUT2D eigenvalue weighted by molar-refractivity contribution is 6.09. The lowest BCUT2D eigenvalue weighted by Gasteiger charge is -2.19. The summed E-state index contributed by atoms with van der Waals surface area (Å²) in [6, 6.07) is 13.1. The van der Waals surface area contributed by atoms with Crippen molar-refractivity contribution in [3.8, 4) is 11.4 Å². The Balaban J connectivity index is 1.90. The SMILES string of the molecule is CC/C=C(\CNC)Nc1cnc(-c2cccc(C)c2C)n(Cc2cc(C(=O)c3ccc(F)cc3)cc(C(F)(F)F)c2)c1=O. The lowest BCUT2D eigenvalue weighted by atomic mass is 9.98. The van der Waals surface area contributed by atoms with Crippen LogP contribution in [0.2, 0.25) is 0 Å². The zero-order chi connectivity index (χ0) is 31.3. The molecule has 0 fully saturated rings. The third-order valence-electron chi connectivity index (χ3n) is 7.04. The van der Waals surface area contributed by atoms with Gasteiger partial charge < -0.3 is 10.6 Å². The maximum Gasteiger partial charge on any atom is 0.416 e. The Labute approximate surface area is 247 Å². The Morgan fingerprint density at radius 1 is 1.02 bits per heavy atom. The fraction of sp³-hybridized carbons (Fsp3) is 0.242. The number of hydrogen-bond donors (Lipinski definition) is 2. The molecule has 6 nitrogen and oxygen atoms in total. The van der Waals surface area contributed by atoms with Gasteiger partial charge in [0, 0.05) is 28.9 Å². The minimum atomic E-state index is -4.76. The molecule has 0 saturated heterocycles. The molecule has 0 aliphatic heterocycles. The van der Waals surface area contributed by atoms with E-state index in [1.165, 1.54) is 29.0 Å². The van der Waals surface area contributed by atoms with E-state index < -0.39 is 28.9 Å². The molecule has 1 heterocycles. The van der Waals surface area contributed by atoms with Crippen LogP contribution in [0.15, 0.2) is 83.4 Å². The molecule has 0 amide bonds. The first-order valence-corrected chi connectivity index (χ1v) is 13.7. The second kappa shape index (κ2) is 13.2. The van der Waals surface area contributed by atoms with Crippen LogP contribution in [0.3, 0.4) is 0 Å². The fourth-order valence-electron chi connectivity index (χ4n) is 4.74. The summed E-state index contributed by atoms with van der Waals surface area (Å²) in [4.78, 5) is 31.7. The smallest absolute Gasteiger partial charge is 0.352 e. The molecular formula is C33H32F4N4O2. The minimum absolute atomic E-state index is 0.0348. The molecule has 1 aromatic heterocycles. The van der Waals surface area contributed by atoms with E-state index in [1.807, 2.05) is 39.0 Å². The monoisotopic (exact) mass is 592 g/mol. The van der Waals surface area contributed by atoms with E-state index in [4.69, 9.17) is 0 Å². The molecule has 0 saturated carbocycles. The average molecular weight is 593 g/mol. The summed E-state index contributed by atoms with van der Waals surface area (Å²) in [6.45, 7) is 5.91. The molecule has 3 aromatic carbocycles. The molecule has 4 rings (SSSR count). The molecule has 4 aromatic rings. The van der Waals surface area contributed by atoms with Crippen molar-refractivity contribution in [2.75, 3.05) is 18.9 Å². The van der Waals surface area contributed by atoms with Crippen molar-refractivity contribution in [1.29, 1.82) is 0 Å². The number of anilines is 1. The number of ketones is 1. The van der Waals surface area contributed by atoms with Gasteiger partial charge in [0.1, 0.15) is 17.3 Å². The molecule has 0 spiro atoms. The predicted molar refractivity (Wildman–Crippen MR) is 160 cm³/mol. The lowest BCUT2D eigenvalue weighted by molar-refractivity contribution is -0.137. The lowest BCUT2D eigenvalue weighted by Crippen LogP contribution is -2.28. The van der Waals surface area contributed by atoms with Gasteiger partial charge in [-0.15, -0.1) is 0 Å². The number of nitrogens with zero attached hydrogens (tertiary/aromatic N) is 2. The summed E-state index contributed by atoms with van der Waals surface area (Å²) >= 11 is 0. The van der Waals surface area contributed by atoms with Gasteiger partial charge in [-0.3, -0.25) is 14.2 Å². The van der Waals surface area contributed by atoms with Crippen molar-refractivity contribution in [3.63, 3.8) is 0 Å². The standard InChI is InChI=1S/C33H32F4N4O2/c1-5-7-27(17-38-4)40-29-18-39-31(28-9-6-8-20(2)21(28)3)41(32(29)43)19-22-14-24(16-25(15-22)33(35,36)37)30(42)23-10-12-26(34)13-11-23/h6-16,18,38,40H,5,17,19H2,1-4H3/b27-7+. The highest BCUT2D eigenvalue weighted by Gasteiger charge is 2.32. The van der Waals surface area contributed by atoms with E-state index in [0.717, 1.165) is 41.1 Å². The minimum Gasteiger partial charge on any atom is -0.352 e. The Bertz CT molecular complexity index is 1720. The summed E-state index contributed by atoms with van der Waals surface area (Å²) < 4.78 is 56.8. The van der Waals surface area contributed by atoms with E-state index >= 15 is 0 Å². The van der Waals surface area contributed by atoms with Gasteiger partial charge in [0.05, 0.1) is 18.3 Å². The topological polar surface area (TPSA) is 76.0 Å². The fourth-order valence-corrected chi connectivity index (χ4v) is 4.74. The maximum absolute atomic E-state index is 14.0. The summed E-state index contributed by atoms with van der Waals surface area (Å²) in [5, 5.41) is 6.14. The van der Waals surface area contributed by atoms with Gasteiger partial charge in [-0.25, -0.2) is 9.37 Å². The third-order valence-corrected chi connectivity index (χ3v) is 7.04. The first-order chi connectivity index (χ1) is 20.4. The Morgan fingerprint density at radius 2 is 1.74 bits per heavy atom. The number of aromatic nitrogens is 2. The number of carbonyl (C=O) groups is 1. The molecule has 10 heteroatoms. The summed E-state index contributed by atoms with van der Waals surface area (Å²) in [7, 11) is 1.77. The number of hydrogen-bond acceptors (Lipinski definition) is 5. The van der Waals surface area contributed by atoms with E-state index in [2.05, 4.69) is 15.6 Å². The Hall–Kier alpha value is -4.57. The summed E-state index contributed by atoms with van der Waals surface area (Å²) in [5.74, 6) is -1.01. The number of nitrogens with one attached hydrogen (secondary N) is 2. The van der Waals surface area contributed by atoms with E-state index in [0.29, 0.717) is 18.5 Å². The molecule has 43 heavy (non-hydrogen) atoms. The molecule has 0 atom stereocenters. The van der Waals surface area contributed by atoms with E-state index in [1.54, 1.807) is 13.1 Å². The van der Waals surface area contributed by atoms with Gasteiger partial charge in [-0.05, 0) is 86.5 Å². The van der Waals surface area contributed by atoms with Crippen molar-refractivity contribution >= 4 is 11.5 Å². The average Bonchev–Trinajstić information content (AvgIpc) is 2.96. The number of carbonyl (C=O) groups excluding carboxylic acids is 1. The van der Waals surface area contributed by atoms with Gasteiger partial charge in [0.25, 0.3) is 5.56 Å². The number of alkyl halides is 3. The number of allylic oxidation sites excluding steroid dienone is 1. The molecule has 0 aliphatic carbocycles. The maximum atomic E-state index is 14.0. The van der Waals surface area contributed by atoms with Gasteiger partial charge in [0.2, 0.25) is 0 Å². The zero-order valence-electron chi connectivity index (χ0n) is 24.3. The van der Waals surface area contributed by atoms with Crippen LogP contribution < -0.4 is 16.2 Å². The second-order valence-electron chi connectivity index (χ2n) is 10.2. The van der Waals surface area contributed by atoms with Crippen molar-refractivity contribution < 1.29 is 22.4 Å². The Kier molecular flexibility index (Phi) is 9.60.